The maximum absolute atomic E-state index is 11.7. The van der Waals surface area contributed by atoms with E-state index in [1.165, 1.54) is 0 Å². The molecule has 1 aromatic heterocycles. The molecule has 0 aliphatic heterocycles. The van der Waals surface area contributed by atoms with Crippen molar-refractivity contribution in [3.05, 3.63) is 29.6 Å². The minimum atomic E-state index is -1.01. The van der Waals surface area contributed by atoms with Crippen LogP contribution in [0.15, 0.2) is 18.3 Å². The zero-order valence-electron chi connectivity index (χ0n) is 11.8. The lowest BCUT2D eigenvalue weighted by Gasteiger charge is -2.14. The highest BCUT2D eigenvalue weighted by atomic mass is 16.4. The van der Waals surface area contributed by atoms with Gasteiger partial charge < -0.3 is 15.7 Å². The molecule has 0 saturated heterocycles. The number of urea groups is 1. The summed E-state index contributed by atoms with van der Waals surface area (Å²) in [6, 6.07) is 2.41. The first-order valence-corrected chi connectivity index (χ1v) is 6.71. The smallest absolute Gasteiger partial charge is 0.326 e. The van der Waals surface area contributed by atoms with Crippen LogP contribution in [0.1, 0.15) is 37.4 Å². The minimum Gasteiger partial charge on any atom is -0.480 e. The number of hydrogen-bond acceptors (Lipinski definition) is 3. The molecule has 0 radical (unpaired) electrons. The number of carboxylic acids is 1. The average Bonchev–Trinajstić information content (AvgIpc) is 2.42. The van der Waals surface area contributed by atoms with Crippen molar-refractivity contribution in [3.63, 3.8) is 0 Å². The van der Waals surface area contributed by atoms with Crippen LogP contribution in [-0.4, -0.2) is 28.1 Å². The van der Waals surface area contributed by atoms with Gasteiger partial charge in [0.25, 0.3) is 0 Å². The lowest BCUT2D eigenvalue weighted by molar-refractivity contribution is -0.139. The van der Waals surface area contributed by atoms with Crippen molar-refractivity contribution in [2.24, 2.45) is 0 Å². The number of carboxylic acid groups (broad SMARTS) is 1. The summed E-state index contributed by atoms with van der Waals surface area (Å²) in [5, 5.41) is 14.1. The van der Waals surface area contributed by atoms with Gasteiger partial charge in [0.05, 0.1) is 0 Å². The summed E-state index contributed by atoms with van der Waals surface area (Å²) >= 11 is 0. The number of aliphatic carboxylic acids is 1. The normalized spacial score (nSPS) is 11.7. The zero-order chi connectivity index (χ0) is 15.0. The largest absolute Gasteiger partial charge is 0.480 e. The minimum absolute atomic E-state index is 0.319. The average molecular weight is 279 g/mol. The number of aryl methyl sites for hydroxylation is 1. The highest BCUT2D eigenvalue weighted by molar-refractivity contribution is 5.82. The van der Waals surface area contributed by atoms with E-state index in [9.17, 15) is 9.59 Å². The first-order valence-electron chi connectivity index (χ1n) is 6.71. The van der Waals surface area contributed by atoms with Crippen molar-refractivity contribution < 1.29 is 14.7 Å². The Morgan fingerprint density at radius 1 is 1.40 bits per heavy atom. The molecular weight excluding hydrogens is 258 g/mol. The fraction of sp³-hybridized carbons (Fsp3) is 0.500. The predicted octanol–water partition coefficient (Wildman–Crippen LogP) is 1.83. The molecular formula is C14H21N3O3. The number of carbonyl (C=O) groups excluding carboxylic acids is 1. The van der Waals surface area contributed by atoms with Crippen LogP contribution in [0.2, 0.25) is 0 Å². The zero-order valence-corrected chi connectivity index (χ0v) is 11.8. The number of unbranched alkanes of at least 4 members (excludes halogenated alkanes) is 1. The lowest BCUT2D eigenvalue weighted by atomic mass is 10.1. The summed E-state index contributed by atoms with van der Waals surface area (Å²) in [5.74, 6) is -1.01. The highest BCUT2D eigenvalue weighted by Crippen LogP contribution is 2.01. The summed E-state index contributed by atoms with van der Waals surface area (Å²) in [6.07, 6.45) is 3.77. The van der Waals surface area contributed by atoms with Gasteiger partial charge in [-0.05, 0) is 25.0 Å². The second kappa shape index (κ2) is 8.14. The molecule has 1 heterocycles. The van der Waals surface area contributed by atoms with Crippen molar-refractivity contribution >= 4 is 12.0 Å². The highest BCUT2D eigenvalue weighted by Gasteiger charge is 2.18. The van der Waals surface area contributed by atoms with Crippen LogP contribution >= 0.6 is 0 Å². The summed E-state index contributed by atoms with van der Waals surface area (Å²) in [7, 11) is 0. The number of nitrogens with one attached hydrogen (secondary N) is 2. The predicted molar refractivity (Wildman–Crippen MR) is 75.3 cm³/mol. The third-order valence-corrected chi connectivity index (χ3v) is 2.88. The maximum atomic E-state index is 11.7. The van der Waals surface area contributed by atoms with E-state index in [1.54, 1.807) is 6.20 Å². The van der Waals surface area contributed by atoms with Crippen LogP contribution in [0.5, 0.6) is 0 Å². The van der Waals surface area contributed by atoms with Crippen LogP contribution in [0, 0.1) is 6.92 Å². The molecule has 0 aromatic carbocycles. The molecule has 0 fully saturated rings. The number of hydrogen-bond donors (Lipinski definition) is 3. The first kappa shape index (κ1) is 15.9. The van der Waals surface area contributed by atoms with Crippen LogP contribution in [0.3, 0.4) is 0 Å². The number of nitrogens with zero attached hydrogens (tertiary/aromatic N) is 1. The second-order valence-electron chi connectivity index (χ2n) is 4.67. The van der Waals surface area contributed by atoms with Gasteiger partial charge in [0, 0.05) is 18.4 Å². The van der Waals surface area contributed by atoms with Crippen molar-refractivity contribution in [2.45, 2.75) is 45.7 Å². The van der Waals surface area contributed by atoms with E-state index in [4.69, 9.17) is 5.11 Å². The van der Waals surface area contributed by atoms with Gasteiger partial charge in [0.15, 0.2) is 0 Å². The van der Waals surface area contributed by atoms with Gasteiger partial charge >= 0.3 is 12.0 Å². The van der Waals surface area contributed by atoms with Crippen LogP contribution < -0.4 is 10.6 Å². The van der Waals surface area contributed by atoms with E-state index in [2.05, 4.69) is 15.6 Å². The van der Waals surface area contributed by atoms with Crippen molar-refractivity contribution in [2.75, 3.05) is 0 Å². The monoisotopic (exact) mass is 279 g/mol. The molecule has 1 rings (SSSR count). The number of carbonyl (C=O) groups is 2. The van der Waals surface area contributed by atoms with E-state index in [0.29, 0.717) is 13.0 Å². The fourth-order valence-corrected chi connectivity index (χ4v) is 1.66. The van der Waals surface area contributed by atoms with Gasteiger partial charge in [-0.3, -0.25) is 4.98 Å². The molecule has 110 valence electrons. The summed E-state index contributed by atoms with van der Waals surface area (Å²) in [6.45, 7) is 4.18. The van der Waals surface area contributed by atoms with Crippen molar-refractivity contribution in [1.82, 2.24) is 15.6 Å². The van der Waals surface area contributed by atoms with Crippen LogP contribution in [-0.2, 0) is 11.3 Å². The summed E-state index contributed by atoms with van der Waals surface area (Å²) < 4.78 is 0. The molecule has 0 aliphatic rings. The van der Waals surface area contributed by atoms with Crippen LogP contribution in [0.4, 0.5) is 4.79 Å². The van der Waals surface area contributed by atoms with Gasteiger partial charge in [-0.1, -0.05) is 25.8 Å². The molecule has 0 spiro atoms. The van der Waals surface area contributed by atoms with Crippen LogP contribution in [0.25, 0.3) is 0 Å². The maximum Gasteiger partial charge on any atom is 0.326 e. The molecule has 0 saturated carbocycles. The van der Waals surface area contributed by atoms with Gasteiger partial charge in [-0.15, -0.1) is 0 Å². The van der Waals surface area contributed by atoms with Crippen molar-refractivity contribution in [1.29, 1.82) is 0 Å². The Balaban J connectivity index is 2.41. The standard InChI is InChI=1S/C14H21N3O3/c1-3-4-5-12(13(18)19)17-14(20)16-9-11-7-6-10(2)15-8-11/h6-8,12H,3-5,9H2,1-2H3,(H,18,19)(H2,16,17,20). The van der Waals surface area contributed by atoms with E-state index in [1.807, 2.05) is 26.0 Å². The third kappa shape index (κ3) is 5.69. The van der Waals surface area contributed by atoms with Gasteiger partial charge in [-0.2, -0.15) is 0 Å². The Hall–Kier alpha value is -2.11. The molecule has 6 heteroatoms. The van der Waals surface area contributed by atoms with Crippen molar-refractivity contribution in [3.8, 4) is 0 Å². The Bertz CT molecular complexity index is 445. The molecule has 3 N–H and O–H groups in total. The van der Waals surface area contributed by atoms with Gasteiger partial charge in [0.2, 0.25) is 0 Å². The lowest BCUT2D eigenvalue weighted by Crippen LogP contribution is -2.45. The molecule has 0 aliphatic carbocycles. The molecule has 1 atom stereocenters. The molecule has 6 nitrogen and oxygen atoms in total. The Morgan fingerprint density at radius 3 is 2.70 bits per heavy atom. The Kier molecular flexibility index (Phi) is 6.49. The quantitative estimate of drug-likeness (QED) is 0.710. The first-order chi connectivity index (χ1) is 9.52. The Labute approximate surface area is 118 Å². The number of pyridine rings is 1. The number of aromatic nitrogens is 1. The molecule has 1 aromatic rings. The fourth-order valence-electron chi connectivity index (χ4n) is 1.66. The Morgan fingerprint density at radius 2 is 2.15 bits per heavy atom. The van der Waals surface area contributed by atoms with E-state index >= 15 is 0 Å². The topological polar surface area (TPSA) is 91.3 Å². The number of amides is 2. The molecule has 1 unspecified atom stereocenters. The third-order valence-electron chi connectivity index (χ3n) is 2.88. The number of rotatable bonds is 7. The molecule has 20 heavy (non-hydrogen) atoms. The molecule has 0 bridgehead atoms. The van der Waals surface area contributed by atoms with Gasteiger partial charge in [-0.25, -0.2) is 9.59 Å². The van der Waals surface area contributed by atoms with Gasteiger partial charge in [0.1, 0.15) is 6.04 Å². The molecule has 2 amide bonds. The second-order valence-corrected chi connectivity index (χ2v) is 4.67. The van der Waals surface area contributed by atoms with E-state index in [0.717, 1.165) is 24.1 Å². The van der Waals surface area contributed by atoms with E-state index in [-0.39, 0.29) is 0 Å². The summed E-state index contributed by atoms with van der Waals surface area (Å²) in [5.41, 5.74) is 1.77. The SMILES string of the molecule is CCCCC(NC(=O)NCc1ccc(C)nc1)C(=O)O. The van der Waals surface area contributed by atoms with E-state index < -0.39 is 18.0 Å². The summed E-state index contributed by atoms with van der Waals surface area (Å²) in [4.78, 5) is 26.8.